The van der Waals surface area contributed by atoms with Gasteiger partial charge in [0.15, 0.2) is 0 Å². The second-order valence-corrected chi connectivity index (χ2v) is 3.01. The fraction of sp³-hybridized carbons (Fsp3) is 0.250. The molecule has 1 rings (SSSR count). The molecule has 86 valence electrons. The first kappa shape index (κ1) is 12.1. The monoisotopic (exact) mass is 222 g/mol. The average Bonchev–Trinajstić information content (AvgIpc) is 2.28. The van der Waals surface area contributed by atoms with Crippen LogP contribution in [0.5, 0.6) is 11.5 Å². The van der Waals surface area contributed by atoms with Crippen LogP contribution in [0.25, 0.3) is 6.08 Å². The van der Waals surface area contributed by atoms with E-state index in [1.165, 1.54) is 6.08 Å². The van der Waals surface area contributed by atoms with Gasteiger partial charge in [0.2, 0.25) is 0 Å². The van der Waals surface area contributed by atoms with Crippen molar-refractivity contribution in [2.45, 2.75) is 6.92 Å². The number of hydrogen-bond acceptors (Lipinski definition) is 3. The van der Waals surface area contributed by atoms with E-state index in [9.17, 15) is 4.79 Å². The van der Waals surface area contributed by atoms with Crippen LogP contribution in [0.2, 0.25) is 0 Å². The lowest BCUT2D eigenvalue weighted by Crippen LogP contribution is -1.95. The minimum atomic E-state index is -0.995. The van der Waals surface area contributed by atoms with E-state index in [1.54, 1.807) is 25.3 Å². The molecular formula is C12H14O4. The molecule has 4 heteroatoms. The first-order valence-electron chi connectivity index (χ1n) is 4.89. The maximum Gasteiger partial charge on any atom is 0.328 e. The van der Waals surface area contributed by atoms with Crippen molar-refractivity contribution in [3.8, 4) is 11.5 Å². The van der Waals surface area contributed by atoms with Gasteiger partial charge in [-0.1, -0.05) is 0 Å². The Morgan fingerprint density at radius 1 is 1.50 bits per heavy atom. The topological polar surface area (TPSA) is 55.8 Å². The van der Waals surface area contributed by atoms with Crippen molar-refractivity contribution in [1.29, 1.82) is 0 Å². The Hall–Kier alpha value is -1.97. The number of rotatable bonds is 5. The predicted molar refractivity (Wildman–Crippen MR) is 60.8 cm³/mol. The lowest BCUT2D eigenvalue weighted by atomic mass is 10.1. The zero-order chi connectivity index (χ0) is 12.0. The molecule has 0 aliphatic carbocycles. The van der Waals surface area contributed by atoms with Crippen molar-refractivity contribution in [1.82, 2.24) is 0 Å². The summed E-state index contributed by atoms with van der Waals surface area (Å²) in [7, 11) is 1.56. The molecule has 0 saturated carbocycles. The van der Waals surface area contributed by atoms with Crippen molar-refractivity contribution in [2.24, 2.45) is 0 Å². The van der Waals surface area contributed by atoms with Crippen LogP contribution >= 0.6 is 0 Å². The van der Waals surface area contributed by atoms with Gasteiger partial charge in [-0.25, -0.2) is 4.79 Å². The maximum atomic E-state index is 10.4. The number of carbonyl (C=O) groups is 1. The molecule has 16 heavy (non-hydrogen) atoms. The number of methoxy groups -OCH3 is 1. The quantitative estimate of drug-likeness (QED) is 0.776. The van der Waals surface area contributed by atoms with Gasteiger partial charge in [0.1, 0.15) is 11.5 Å². The first-order chi connectivity index (χ1) is 7.67. The number of carboxylic acids is 1. The van der Waals surface area contributed by atoms with Crippen molar-refractivity contribution < 1.29 is 19.4 Å². The van der Waals surface area contributed by atoms with Gasteiger partial charge in [-0.3, -0.25) is 0 Å². The molecule has 0 fully saturated rings. The van der Waals surface area contributed by atoms with Crippen molar-refractivity contribution in [3.63, 3.8) is 0 Å². The van der Waals surface area contributed by atoms with Gasteiger partial charge in [0.25, 0.3) is 0 Å². The van der Waals surface area contributed by atoms with E-state index in [1.807, 2.05) is 6.92 Å². The molecule has 4 nitrogen and oxygen atoms in total. The van der Waals surface area contributed by atoms with Crippen LogP contribution in [0.15, 0.2) is 24.3 Å². The van der Waals surface area contributed by atoms with Gasteiger partial charge < -0.3 is 14.6 Å². The number of carboxylic acid groups (broad SMARTS) is 1. The van der Waals surface area contributed by atoms with Crippen molar-refractivity contribution in [3.05, 3.63) is 29.8 Å². The third-order valence-corrected chi connectivity index (χ3v) is 1.92. The Morgan fingerprint density at radius 3 is 2.81 bits per heavy atom. The number of aliphatic carboxylic acids is 1. The highest BCUT2D eigenvalue weighted by atomic mass is 16.5. The molecular weight excluding hydrogens is 208 g/mol. The van der Waals surface area contributed by atoms with Crippen LogP contribution < -0.4 is 9.47 Å². The van der Waals surface area contributed by atoms with Gasteiger partial charge in [0.05, 0.1) is 13.7 Å². The van der Waals surface area contributed by atoms with E-state index in [4.69, 9.17) is 14.6 Å². The maximum absolute atomic E-state index is 10.4. The van der Waals surface area contributed by atoms with Gasteiger partial charge >= 0.3 is 5.97 Å². The Morgan fingerprint density at radius 2 is 2.25 bits per heavy atom. The lowest BCUT2D eigenvalue weighted by molar-refractivity contribution is -0.131. The Labute approximate surface area is 94.1 Å². The summed E-state index contributed by atoms with van der Waals surface area (Å²) in [5, 5.41) is 8.56. The van der Waals surface area contributed by atoms with Crippen LogP contribution in [0.3, 0.4) is 0 Å². The highest BCUT2D eigenvalue weighted by Crippen LogP contribution is 2.25. The summed E-state index contributed by atoms with van der Waals surface area (Å²) in [6.07, 6.45) is 2.55. The molecule has 0 amide bonds. The Bertz CT molecular complexity index is 396. The molecule has 0 unspecified atom stereocenters. The van der Waals surface area contributed by atoms with Crippen LogP contribution in [-0.4, -0.2) is 24.8 Å². The molecule has 0 saturated heterocycles. The highest BCUT2D eigenvalue weighted by Gasteiger charge is 2.03. The largest absolute Gasteiger partial charge is 0.497 e. The minimum Gasteiger partial charge on any atom is -0.497 e. The molecule has 0 aliphatic rings. The van der Waals surface area contributed by atoms with Crippen LogP contribution in [0, 0.1) is 0 Å². The van der Waals surface area contributed by atoms with Crippen molar-refractivity contribution in [2.75, 3.05) is 13.7 Å². The van der Waals surface area contributed by atoms with E-state index in [0.717, 1.165) is 6.08 Å². The van der Waals surface area contributed by atoms with E-state index in [0.29, 0.717) is 23.7 Å². The zero-order valence-electron chi connectivity index (χ0n) is 9.27. The van der Waals surface area contributed by atoms with Crippen LogP contribution in [-0.2, 0) is 4.79 Å². The summed E-state index contributed by atoms with van der Waals surface area (Å²) in [6, 6.07) is 5.25. The third kappa shape index (κ3) is 3.31. The molecule has 0 aromatic heterocycles. The lowest BCUT2D eigenvalue weighted by Gasteiger charge is -2.08. The molecule has 0 atom stereocenters. The van der Waals surface area contributed by atoms with E-state index in [-0.39, 0.29) is 0 Å². The zero-order valence-corrected chi connectivity index (χ0v) is 9.27. The van der Waals surface area contributed by atoms with Gasteiger partial charge in [0, 0.05) is 11.6 Å². The SMILES string of the molecule is CCOc1ccc(OC)cc1/C=C/C(=O)O. The van der Waals surface area contributed by atoms with E-state index >= 15 is 0 Å². The minimum absolute atomic E-state index is 0.528. The number of benzene rings is 1. The molecule has 1 aromatic rings. The second kappa shape index (κ2) is 5.80. The summed E-state index contributed by atoms with van der Waals surface area (Å²) in [4.78, 5) is 10.4. The second-order valence-electron chi connectivity index (χ2n) is 3.01. The standard InChI is InChI=1S/C12H14O4/c1-3-16-11-6-5-10(15-2)8-9(11)4-7-12(13)14/h4-8H,3H2,1-2H3,(H,13,14)/b7-4+. The fourth-order valence-electron chi connectivity index (χ4n) is 1.23. The molecule has 0 spiro atoms. The summed E-state index contributed by atoms with van der Waals surface area (Å²) in [6.45, 7) is 2.40. The summed E-state index contributed by atoms with van der Waals surface area (Å²) >= 11 is 0. The molecule has 0 bridgehead atoms. The normalized spacial score (nSPS) is 10.4. The fourth-order valence-corrected chi connectivity index (χ4v) is 1.23. The molecule has 0 radical (unpaired) electrons. The molecule has 1 N–H and O–H groups in total. The smallest absolute Gasteiger partial charge is 0.328 e. The van der Waals surface area contributed by atoms with Gasteiger partial charge in [-0.2, -0.15) is 0 Å². The van der Waals surface area contributed by atoms with Crippen LogP contribution in [0.4, 0.5) is 0 Å². The number of ether oxygens (including phenoxy) is 2. The Kier molecular flexibility index (Phi) is 4.39. The summed E-state index contributed by atoms with van der Waals surface area (Å²) in [5.74, 6) is 0.305. The Balaban J connectivity index is 3.04. The van der Waals surface area contributed by atoms with E-state index in [2.05, 4.69) is 0 Å². The predicted octanol–water partition coefficient (Wildman–Crippen LogP) is 2.19. The van der Waals surface area contributed by atoms with E-state index < -0.39 is 5.97 Å². The summed E-state index contributed by atoms with van der Waals surface area (Å²) < 4.78 is 10.4. The van der Waals surface area contributed by atoms with Gasteiger partial charge in [-0.15, -0.1) is 0 Å². The van der Waals surface area contributed by atoms with Crippen molar-refractivity contribution >= 4 is 12.0 Å². The third-order valence-electron chi connectivity index (χ3n) is 1.92. The summed E-state index contributed by atoms with van der Waals surface area (Å²) in [5.41, 5.74) is 0.684. The first-order valence-corrected chi connectivity index (χ1v) is 4.89. The van der Waals surface area contributed by atoms with Gasteiger partial charge in [-0.05, 0) is 31.2 Å². The molecule has 0 aliphatic heterocycles. The average molecular weight is 222 g/mol. The highest BCUT2D eigenvalue weighted by molar-refractivity contribution is 5.86. The molecule has 1 aromatic carbocycles. The molecule has 0 heterocycles. The number of hydrogen-bond donors (Lipinski definition) is 1. The van der Waals surface area contributed by atoms with Crippen LogP contribution in [0.1, 0.15) is 12.5 Å².